The van der Waals surface area contributed by atoms with Crippen molar-refractivity contribution in [2.45, 2.75) is 66.2 Å². The molecule has 11 rings (SSSR count). The minimum Gasteiger partial charge on any atom is -0.870 e. The molecule has 4 unspecified atom stereocenters. The highest BCUT2D eigenvalue weighted by molar-refractivity contribution is 8.01. The second kappa shape index (κ2) is 43.0. The highest BCUT2D eigenvalue weighted by Crippen LogP contribution is 2.40. The van der Waals surface area contributed by atoms with Gasteiger partial charge in [0.25, 0.3) is 40.0 Å². The molecule has 4 aliphatic heterocycles. The molecule has 0 spiro atoms. The van der Waals surface area contributed by atoms with E-state index < -0.39 is 78.6 Å². The minimum absolute atomic E-state index is 0. The number of pyridine rings is 1. The Morgan fingerprint density at radius 1 is 0.613 bits per heavy atom. The van der Waals surface area contributed by atoms with Crippen molar-refractivity contribution in [2.75, 3.05) is 63.5 Å². The molecule has 1 aromatic heterocycles. The summed E-state index contributed by atoms with van der Waals surface area (Å²) in [5.74, 6) is -0.787. The quantitative estimate of drug-likeness (QED) is 0.0136. The number of carboxylic acids is 1. The fraction of sp³-hybridized carbons (Fsp3) is 0.338. The van der Waals surface area contributed by atoms with Crippen LogP contribution in [0.25, 0.3) is 0 Å². The van der Waals surface area contributed by atoms with Crippen LogP contribution in [-0.2, 0) is 39.8 Å². The Morgan fingerprint density at radius 2 is 1.04 bits per heavy atom. The van der Waals surface area contributed by atoms with Gasteiger partial charge in [0.2, 0.25) is 0 Å². The van der Waals surface area contributed by atoms with Crippen molar-refractivity contribution in [2.24, 2.45) is 5.92 Å². The molecular formula is C65H68Cl4F2N8O23S4. The molecule has 1 saturated carbocycles. The molecule has 5 heterocycles. The molecule has 41 heteroatoms. The lowest BCUT2D eigenvalue weighted by Gasteiger charge is -2.26. The number of non-ortho nitro benzene ring substituents is 3. The Morgan fingerprint density at radius 3 is 1.42 bits per heavy atom. The van der Waals surface area contributed by atoms with Crippen LogP contribution in [-0.4, -0.2) is 184 Å². The van der Waals surface area contributed by atoms with Gasteiger partial charge in [0, 0.05) is 108 Å². The van der Waals surface area contributed by atoms with Crippen LogP contribution in [0.5, 0.6) is 11.5 Å². The van der Waals surface area contributed by atoms with E-state index in [0.29, 0.717) is 57.7 Å². The van der Waals surface area contributed by atoms with Crippen molar-refractivity contribution >= 4 is 164 Å². The average molecular weight is 1640 g/mol. The van der Waals surface area contributed by atoms with Gasteiger partial charge in [-0.1, -0.05) is 29.3 Å². The lowest BCUT2D eigenvalue weighted by molar-refractivity contribution is -0.605. The SMILES string of the molecule is COC(=O)C1CCCS1.COC(=O)C1SCCN1C(=O)c1ccc([N+](=O)[O-])cc1.Cl.O.O=C(O)C1SCCN1C(=O)c1ccc([N+](=O)[O-])cc1.O=C(O[C@@H](Cc1c(Cl)c[n+]([O-])cc1Cl)c1ccc(OC(F)F)c(OCC2CC2)c1)C1SCCN1C(=O)c1ccc([N+](=O)[O-])cc1.[NH3+]c1ccc(C(=O)Cl)cc1.[OH-]. The number of carboxylic acid groups (broad SMARTS) is 1. The Labute approximate surface area is 640 Å². The summed E-state index contributed by atoms with van der Waals surface area (Å²) in [5.41, 5.74) is 6.00. The molecule has 6 aromatic rings. The molecule has 106 heavy (non-hydrogen) atoms. The van der Waals surface area contributed by atoms with Gasteiger partial charge in [-0.15, -0.1) is 59.5 Å². The van der Waals surface area contributed by atoms with Gasteiger partial charge >= 0.3 is 30.5 Å². The van der Waals surface area contributed by atoms with Crippen molar-refractivity contribution in [3.05, 3.63) is 207 Å². The number of aromatic nitrogens is 1. The maximum absolute atomic E-state index is 13.7. The lowest BCUT2D eigenvalue weighted by Crippen LogP contribution is -2.40. The molecule has 4 saturated heterocycles. The number of hydrogen-bond donors (Lipinski definition) is 2. The number of thioether (sulfide) groups is 4. The molecule has 5 aromatic carbocycles. The van der Waals surface area contributed by atoms with E-state index in [9.17, 15) is 82.7 Å². The summed E-state index contributed by atoms with van der Waals surface area (Å²) >= 11 is 23.2. The van der Waals surface area contributed by atoms with Gasteiger partial charge in [0.05, 0.1) is 35.6 Å². The summed E-state index contributed by atoms with van der Waals surface area (Å²) in [4.78, 5) is 130. The number of esters is 3. The smallest absolute Gasteiger partial charge is 0.387 e. The Kier molecular flexibility index (Phi) is 36.4. The second-order valence-corrected chi connectivity index (χ2v) is 28.2. The fourth-order valence-corrected chi connectivity index (χ4v) is 15.0. The van der Waals surface area contributed by atoms with Gasteiger partial charge in [-0.25, -0.2) is 14.4 Å². The zero-order chi connectivity index (χ0) is 75.2. The number of hydrogen-bond acceptors (Lipinski definition) is 25. The number of nitrogens with zero attached hydrogens (tertiary/aromatic N) is 7. The number of carbonyl (C=O) groups is 8. The van der Waals surface area contributed by atoms with Crippen molar-refractivity contribution in [3.8, 4) is 11.5 Å². The zero-order valence-corrected chi connectivity index (χ0v) is 62.0. The fourth-order valence-electron chi connectivity index (χ4n) is 9.80. The summed E-state index contributed by atoms with van der Waals surface area (Å²) in [6.07, 6.45) is 4.99. The zero-order valence-electron chi connectivity index (χ0n) is 55.7. The van der Waals surface area contributed by atoms with Crippen molar-refractivity contribution in [3.63, 3.8) is 0 Å². The summed E-state index contributed by atoms with van der Waals surface area (Å²) in [6, 6.07) is 26.4. The van der Waals surface area contributed by atoms with Crippen LogP contribution < -0.4 is 19.9 Å². The predicted octanol–water partition coefficient (Wildman–Crippen LogP) is 9.86. The van der Waals surface area contributed by atoms with E-state index in [1.54, 1.807) is 36.0 Å². The van der Waals surface area contributed by atoms with E-state index in [2.05, 4.69) is 19.9 Å². The Hall–Kier alpha value is -8.89. The van der Waals surface area contributed by atoms with E-state index >= 15 is 0 Å². The van der Waals surface area contributed by atoms with Crippen molar-refractivity contribution in [1.29, 1.82) is 0 Å². The van der Waals surface area contributed by atoms with Gasteiger partial charge in [-0.3, -0.25) is 54.3 Å². The minimum atomic E-state index is -3.10. The maximum atomic E-state index is 13.7. The maximum Gasteiger partial charge on any atom is 0.387 e. The molecule has 572 valence electrons. The number of rotatable bonds is 20. The predicted molar refractivity (Wildman–Crippen MR) is 390 cm³/mol. The first-order valence-corrected chi connectivity index (χ1v) is 36.0. The molecule has 5 fully saturated rings. The second-order valence-electron chi connectivity index (χ2n) is 22.2. The summed E-state index contributed by atoms with van der Waals surface area (Å²) in [5, 5.41) is 50.0. The summed E-state index contributed by atoms with van der Waals surface area (Å²) < 4.78 is 52.3. The number of quaternary nitrogens is 1. The molecule has 0 radical (unpaired) electrons. The summed E-state index contributed by atoms with van der Waals surface area (Å²) in [7, 11) is 2.72. The van der Waals surface area contributed by atoms with Crippen LogP contribution in [0.3, 0.4) is 0 Å². The van der Waals surface area contributed by atoms with Gasteiger partial charge in [-0.2, -0.15) is 13.5 Å². The van der Waals surface area contributed by atoms with Crippen molar-refractivity contribution in [1.82, 2.24) is 14.7 Å². The number of carbonyl (C=O) groups excluding carboxylic acids is 7. The Balaban J connectivity index is 0.000000321. The van der Waals surface area contributed by atoms with E-state index in [0.717, 1.165) is 49.5 Å². The molecule has 7 N–H and O–H groups in total. The highest BCUT2D eigenvalue weighted by atomic mass is 35.5. The first kappa shape index (κ1) is 89.5. The van der Waals surface area contributed by atoms with Gasteiger partial charge < -0.3 is 65.4 Å². The largest absolute Gasteiger partial charge is 0.870 e. The monoisotopic (exact) mass is 1630 g/mol. The van der Waals surface area contributed by atoms with E-state index in [1.165, 1.54) is 155 Å². The first-order chi connectivity index (χ1) is 49.1. The standard InChI is InChI=1S/C29H25Cl2F2N3O8S.C12H12N2O5S.C11H10N2O5S.C7H6ClNO.C6H10O2S.ClH.2H2O/c30-21-13-34(39)14-22(31)20(21)12-24(18-5-8-23(44-29(32)33)25(11-18)42-15-16-1-2-16)43-28(38)27-35(9-10-45-27)26(37)17-3-6-19(7-4-17)36(40)41;1-19-12(16)11-13(6-7-20-11)10(15)8-2-4-9(5-3-8)14(17)18;14-9(12-5-6-19-10(12)11(15)16)7-1-3-8(4-2-7)13(17)18;8-7(10)5-1-3-6(9)4-2-5;1-8-6(7)5-3-2-4-9-5;;;/h3-8,11,13-14,16,24,27,29H,1-2,9-10,12,15H2;2-5,11H,6-7H2,1H3;1-4,10H,5-6H2,(H,15,16);1-4H,9H2;5H,2-4H2,1H3;1H;2*1H2/t24-,27?;;;;;;;/m0......./s1. The van der Waals surface area contributed by atoms with Crippen LogP contribution in [0.2, 0.25) is 10.0 Å². The molecule has 5 atom stereocenters. The number of nitro benzene ring substituents is 3. The third kappa shape index (κ3) is 25.7. The highest BCUT2D eigenvalue weighted by Gasteiger charge is 2.40. The molecule has 5 aliphatic rings. The molecule has 1 aliphatic carbocycles. The number of alkyl halides is 2. The van der Waals surface area contributed by atoms with Crippen LogP contribution in [0, 0.1) is 41.5 Å². The normalized spacial score (nSPS) is 16.9. The van der Waals surface area contributed by atoms with Crippen LogP contribution in [0.4, 0.5) is 31.5 Å². The molecule has 3 amide bonds. The molecule has 0 bridgehead atoms. The van der Waals surface area contributed by atoms with Gasteiger partial charge in [0.1, 0.15) is 27.1 Å². The first-order valence-electron chi connectivity index (χ1n) is 30.7. The lowest BCUT2D eigenvalue weighted by atomic mass is 10.0. The number of benzene rings is 5. The van der Waals surface area contributed by atoms with Crippen LogP contribution >= 0.6 is 94.3 Å². The average Bonchev–Trinajstić information content (AvgIpc) is 1.07. The van der Waals surface area contributed by atoms with Crippen molar-refractivity contribution < 1.29 is 112 Å². The van der Waals surface area contributed by atoms with E-state index in [4.69, 9.17) is 49.4 Å². The van der Waals surface area contributed by atoms with Crippen LogP contribution in [0.1, 0.15) is 84.3 Å². The van der Waals surface area contributed by atoms with E-state index in [1.807, 2.05) is 0 Å². The summed E-state index contributed by atoms with van der Waals surface area (Å²) in [6.45, 7) is -1.81. The topological polar surface area (TPSA) is 458 Å². The molecular weight excluding hydrogens is 1570 g/mol. The Bertz CT molecular complexity index is 4050. The van der Waals surface area contributed by atoms with E-state index in [-0.39, 0.29) is 115 Å². The van der Waals surface area contributed by atoms with Crippen LogP contribution in [0.15, 0.2) is 128 Å². The number of aliphatic carboxylic acids is 1. The number of amides is 3. The third-order valence-corrected chi connectivity index (χ3v) is 21.0. The number of nitro groups is 3. The van der Waals surface area contributed by atoms with Gasteiger partial charge in [0.15, 0.2) is 40.0 Å². The molecule has 31 nitrogen and oxygen atoms in total. The number of halogens is 6. The number of methoxy groups -OCH3 is 2. The third-order valence-electron chi connectivity index (χ3n) is 15.3. The number of ether oxygens (including phenoxy) is 5. The van der Waals surface area contributed by atoms with Gasteiger partial charge in [-0.05, 0) is 127 Å².